The van der Waals surface area contributed by atoms with Crippen LogP contribution in [0, 0.1) is 0 Å². The van der Waals surface area contributed by atoms with Gasteiger partial charge in [-0.05, 0) is 37.0 Å². The monoisotopic (exact) mass is 479 g/mol. The molecule has 3 aromatic rings. The van der Waals surface area contributed by atoms with E-state index in [1.54, 1.807) is 41.3 Å². The van der Waals surface area contributed by atoms with Gasteiger partial charge in [0.1, 0.15) is 6.04 Å². The fourth-order valence-electron chi connectivity index (χ4n) is 4.36. The zero-order valence-electron chi connectivity index (χ0n) is 19.2. The van der Waals surface area contributed by atoms with Crippen LogP contribution in [-0.4, -0.2) is 44.3 Å². The maximum absolute atomic E-state index is 13.2. The van der Waals surface area contributed by atoms with E-state index in [1.165, 1.54) is 0 Å². The predicted molar refractivity (Wildman–Crippen MR) is 133 cm³/mol. The molecule has 178 valence electrons. The summed E-state index contributed by atoms with van der Waals surface area (Å²) in [6.07, 6.45) is 2.30. The normalized spacial score (nSPS) is 16.0. The lowest BCUT2D eigenvalue weighted by Crippen LogP contribution is -2.43. The quantitative estimate of drug-likeness (QED) is 0.515. The van der Waals surface area contributed by atoms with Crippen LogP contribution in [0.5, 0.6) is 0 Å². The maximum atomic E-state index is 13.2. The van der Waals surface area contributed by atoms with Gasteiger partial charge in [-0.15, -0.1) is 0 Å². The van der Waals surface area contributed by atoms with Crippen molar-refractivity contribution in [1.82, 2.24) is 9.62 Å². The fraction of sp³-hybridized carbons (Fsp3) is 0.308. The number of amides is 2. The Morgan fingerprint density at radius 2 is 1.71 bits per heavy atom. The van der Waals surface area contributed by atoms with Gasteiger partial charge in [-0.2, -0.15) is 0 Å². The summed E-state index contributed by atoms with van der Waals surface area (Å²) >= 11 is 0. The zero-order chi connectivity index (χ0) is 24.1. The second kappa shape index (κ2) is 10.4. The highest BCUT2D eigenvalue weighted by Gasteiger charge is 2.34. The topological polar surface area (TPSA) is 95.6 Å². The van der Waals surface area contributed by atoms with Gasteiger partial charge in [-0.3, -0.25) is 9.59 Å². The van der Waals surface area contributed by atoms with Crippen LogP contribution in [0.1, 0.15) is 31.7 Å². The number of carbonyl (C=O) groups is 2. The maximum Gasteiger partial charge on any atom is 0.247 e. The van der Waals surface area contributed by atoms with E-state index in [1.807, 2.05) is 37.3 Å². The summed E-state index contributed by atoms with van der Waals surface area (Å²) in [5.74, 6) is -0.332. The number of sulfonamides is 1. The average Bonchev–Trinajstić information content (AvgIpc) is 3.34. The van der Waals surface area contributed by atoms with Crippen LogP contribution in [0.15, 0.2) is 71.6 Å². The minimum absolute atomic E-state index is 0.0721. The van der Waals surface area contributed by atoms with Crippen molar-refractivity contribution in [2.24, 2.45) is 0 Å². The zero-order valence-corrected chi connectivity index (χ0v) is 20.0. The Morgan fingerprint density at radius 1 is 0.971 bits per heavy atom. The van der Waals surface area contributed by atoms with E-state index in [-0.39, 0.29) is 23.1 Å². The van der Waals surface area contributed by atoms with Gasteiger partial charge in [0.2, 0.25) is 21.8 Å². The van der Waals surface area contributed by atoms with Crippen LogP contribution < -0.4 is 10.0 Å². The number of hydrogen-bond donors (Lipinski definition) is 2. The van der Waals surface area contributed by atoms with Crippen molar-refractivity contribution < 1.29 is 18.0 Å². The van der Waals surface area contributed by atoms with Gasteiger partial charge >= 0.3 is 0 Å². The number of nitrogens with zero attached hydrogens (tertiary/aromatic N) is 1. The summed E-state index contributed by atoms with van der Waals surface area (Å²) in [5.41, 5.74) is 1.44. The third-order valence-electron chi connectivity index (χ3n) is 6.05. The smallest absolute Gasteiger partial charge is 0.247 e. The molecule has 3 aromatic carbocycles. The molecule has 0 bridgehead atoms. The number of hydrogen-bond acceptors (Lipinski definition) is 4. The molecule has 1 saturated heterocycles. The molecule has 0 aromatic heterocycles. The lowest BCUT2D eigenvalue weighted by atomic mass is 10.1. The van der Waals surface area contributed by atoms with Crippen LogP contribution in [0.3, 0.4) is 0 Å². The van der Waals surface area contributed by atoms with Crippen molar-refractivity contribution in [2.75, 3.05) is 18.4 Å². The molecule has 4 rings (SSSR count). The molecule has 7 nitrogen and oxygen atoms in total. The second-order valence-corrected chi connectivity index (χ2v) is 10.2. The van der Waals surface area contributed by atoms with Crippen LogP contribution >= 0.6 is 0 Å². The van der Waals surface area contributed by atoms with Crippen molar-refractivity contribution in [2.45, 2.75) is 43.5 Å². The molecule has 34 heavy (non-hydrogen) atoms. The molecule has 1 aliphatic heterocycles. The van der Waals surface area contributed by atoms with E-state index >= 15 is 0 Å². The van der Waals surface area contributed by atoms with Crippen LogP contribution in [0.25, 0.3) is 10.8 Å². The molecule has 0 spiro atoms. The highest BCUT2D eigenvalue weighted by atomic mass is 32.2. The number of benzene rings is 3. The van der Waals surface area contributed by atoms with Gasteiger partial charge in [-0.1, -0.05) is 61.5 Å². The predicted octanol–water partition coefficient (Wildman–Crippen LogP) is 3.70. The van der Waals surface area contributed by atoms with Gasteiger partial charge in [-0.25, -0.2) is 13.1 Å². The second-order valence-electron chi connectivity index (χ2n) is 8.45. The molecular formula is C26H29N3O4S. The number of fused-ring (bicyclic) bond motifs is 1. The van der Waals surface area contributed by atoms with E-state index in [0.29, 0.717) is 42.4 Å². The van der Waals surface area contributed by atoms with Crippen molar-refractivity contribution in [3.63, 3.8) is 0 Å². The summed E-state index contributed by atoms with van der Waals surface area (Å²) in [5, 5.41) is 4.12. The Balaban J connectivity index is 1.56. The fourth-order valence-corrected chi connectivity index (χ4v) is 5.72. The number of anilines is 1. The Kier molecular flexibility index (Phi) is 7.29. The van der Waals surface area contributed by atoms with Crippen LogP contribution in [0.2, 0.25) is 0 Å². The van der Waals surface area contributed by atoms with Gasteiger partial charge in [0.15, 0.2) is 0 Å². The molecule has 0 radical (unpaired) electrons. The Morgan fingerprint density at radius 3 is 2.47 bits per heavy atom. The van der Waals surface area contributed by atoms with E-state index in [0.717, 1.165) is 12.0 Å². The minimum atomic E-state index is -3.68. The first-order valence-corrected chi connectivity index (χ1v) is 13.0. The molecule has 1 heterocycles. The van der Waals surface area contributed by atoms with Gasteiger partial charge in [0, 0.05) is 29.5 Å². The van der Waals surface area contributed by atoms with Gasteiger partial charge in [0.05, 0.1) is 11.3 Å². The summed E-state index contributed by atoms with van der Waals surface area (Å²) in [4.78, 5) is 27.9. The molecule has 1 unspecified atom stereocenters. The lowest BCUT2D eigenvalue weighted by Gasteiger charge is -2.24. The molecule has 2 amide bonds. The summed E-state index contributed by atoms with van der Waals surface area (Å²) in [7, 11) is -3.68. The SMILES string of the molecule is CCCNS(=O)(=O)c1cccc2c(NC(=O)C3CCCN3C(=O)Cc3ccccc3)cccc12. The first-order chi connectivity index (χ1) is 16.4. The Bertz CT molecular complexity index is 1290. The average molecular weight is 480 g/mol. The third-order valence-corrected chi connectivity index (χ3v) is 7.56. The summed E-state index contributed by atoms with van der Waals surface area (Å²) in [6, 6.07) is 19.2. The minimum Gasteiger partial charge on any atom is -0.330 e. The molecule has 0 aliphatic carbocycles. The molecule has 8 heteroatoms. The standard InChI is InChI=1S/C26H29N3O4S/c1-2-16-27-34(32,33)24-15-7-11-20-21(24)12-6-13-22(20)28-26(31)23-14-8-17-29(23)25(30)18-19-9-4-3-5-10-19/h3-7,9-13,15,23,27H,2,8,14,16-18H2,1H3,(H,28,31). The van der Waals surface area contributed by atoms with E-state index in [9.17, 15) is 18.0 Å². The molecule has 2 N–H and O–H groups in total. The first kappa shape index (κ1) is 23.9. The first-order valence-electron chi connectivity index (χ1n) is 11.6. The molecule has 0 saturated carbocycles. The lowest BCUT2D eigenvalue weighted by molar-refractivity contribution is -0.136. The van der Waals surface area contributed by atoms with Crippen LogP contribution in [-0.2, 0) is 26.0 Å². The molecule has 1 atom stereocenters. The van der Waals surface area contributed by atoms with E-state index < -0.39 is 16.1 Å². The molecular weight excluding hydrogens is 450 g/mol. The number of rotatable bonds is 8. The van der Waals surface area contributed by atoms with Gasteiger partial charge in [0.25, 0.3) is 0 Å². The number of likely N-dealkylation sites (tertiary alicyclic amines) is 1. The van der Waals surface area contributed by atoms with Crippen molar-refractivity contribution in [3.8, 4) is 0 Å². The van der Waals surface area contributed by atoms with Crippen LogP contribution in [0.4, 0.5) is 5.69 Å². The van der Waals surface area contributed by atoms with Crippen molar-refractivity contribution >= 4 is 38.3 Å². The largest absolute Gasteiger partial charge is 0.330 e. The van der Waals surface area contributed by atoms with Crippen molar-refractivity contribution in [3.05, 3.63) is 72.3 Å². The highest BCUT2D eigenvalue weighted by molar-refractivity contribution is 7.89. The molecule has 1 fully saturated rings. The number of carbonyl (C=O) groups excluding carboxylic acids is 2. The van der Waals surface area contributed by atoms with E-state index in [2.05, 4.69) is 10.0 Å². The van der Waals surface area contributed by atoms with Crippen molar-refractivity contribution in [1.29, 1.82) is 0 Å². The summed E-state index contributed by atoms with van der Waals surface area (Å²) in [6.45, 7) is 2.80. The van der Waals surface area contributed by atoms with Gasteiger partial charge < -0.3 is 10.2 Å². The highest BCUT2D eigenvalue weighted by Crippen LogP contribution is 2.30. The number of nitrogens with one attached hydrogen (secondary N) is 2. The summed E-state index contributed by atoms with van der Waals surface area (Å²) < 4.78 is 28.1. The Labute approximate surface area is 200 Å². The third kappa shape index (κ3) is 5.13. The van der Waals surface area contributed by atoms with E-state index in [4.69, 9.17) is 0 Å². The molecule has 1 aliphatic rings. The Hall–Kier alpha value is -3.23.